The first-order chi connectivity index (χ1) is 13.6. The third-order valence-electron chi connectivity index (χ3n) is 3.66. The van der Waals surface area contributed by atoms with E-state index in [1.165, 1.54) is 24.3 Å². The van der Waals surface area contributed by atoms with Gasteiger partial charge in [-0.05, 0) is 55.5 Å². The third-order valence-corrected chi connectivity index (χ3v) is 4.51. The van der Waals surface area contributed by atoms with Crippen LogP contribution in [0.2, 0.25) is 5.02 Å². The lowest BCUT2D eigenvalue weighted by Gasteiger charge is -2.15. The van der Waals surface area contributed by atoms with E-state index in [-0.39, 0.29) is 24.9 Å². The van der Waals surface area contributed by atoms with Crippen molar-refractivity contribution in [1.29, 1.82) is 0 Å². The van der Waals surface area contributed by atoms with E-state index < -0.39 is 16.1 Å². The Morgan fingerprint density at radius 2 is 1.59 bits per heavy atom. The van der Waals surface area contributed by atoms with Gasteiger partial charge in [0.1, 0.15) is 5.75 Å². The molecular weight excluding hydrogens is 418 g/mol. The number of carbonyl (C=O) groups is 2. The summed E-state index contributed by atoms with van der Waals surface area (Å²) in [5.41, 5.74) is 0.737. The molecule has 0 saturated heterocycles. The Kier molecular flexibility index (Phi) is 7.86. The minimum absolute atomic E-state index is 0.224. The van der Waals surface area contributed by atoms with Gasteiger partial charge in [-0.15, -0.1) is 0 Å². The summed E-state index contributed by atoms with van der Waals surface area (Å²) in [6.45, 7) is 2.07. The molecule has 2 rings (SSSR count). The van der Waals surface area contributed by atoms with Crippen molar-refractivity contribution >= 4 is 39.1 Å². The number of sulfonamides is 1. The zero-order chi connectivity index (χ0) is 21.4. The van der Waals surface area contributed by atoms with Crippen molar-refractivity contribution in [3.05, 3.63) is 59.1 Å². The number of hydrogen-bond donors (Lipinski definition) is 3. The molecule has 2 aromatic rings. The molecule has 0 spiro atoms. The van der Waals surface area contributed by atoms with Gasteiger partial charge in [-0.25, -0.2) is 8.42 Å². The minimum atomic E-state index is -3.37. The average molecular weight is 440 g/mol. The number of benzene rings is 2. The van der Waals surface area contributed by atoms with Gasteiger partial charge in [0, 0.05) is 29.4 Å². The molecule has 0 fully saturated rings. The molecular formula is C19H22ClN3O5S. The summed E-state index contributed by atoms with van der Waals surface area (Å²) in [6.07, 6.45) is 0.338. The third kappa shape index (κ3) is 8.00. The fraction of sp³-hybridized carbons (Fsp3) is 0.263. The van der Waals surface area contributed by atoms with Crippen LogP contribution in [-0.2, 0) is 14.8 Å². The Balaban J connectivity index is 1.72. The van der Waals surface area contributed by atoms with Crippen LogP contribution in [0.5, 0.6) is 5.75 Å². The molecule has 1 unspecified atom stereocenters. The van der Waals surface area contributed by atoms with E-state index >= 15 is 0 Å². The van der Waals surface area contributed by atoms with Gasteiger partial charge in [0.2, 0.25) is 10.0 Å². The number of amides is 2. The van der Waals surface area contributed by atoms with Crippen LogP contribution < -0.4 is 20.1 Å². The molecule has 0 bridgehead atoms. The zero-order valence-corrected chi connectivity index (χ0v) is 17.5. The van der Waals surface area contributed by atoms with E-state index in [1.807, 2.05) is 0 Å². The fourth-order valence-electron chi connectivity index (χ4n) is 2.28. The highest BCUT2D eigenvalue weighted by atomic mass is 35.5. The minimum Gasteiger partial charge on any atom is -0.481 e. The molecule has 156 valence electrons. The smallest absolute Gasteiger partial charge is 0.260 e. The number of halogens is 1. The van der Waals surface area contributed by atoms with Gasteiger partial charge in [0.25, 0.3) is 11.8 Å². The van der Waals surface area contributed by atoms with Crippen LogP contribution in [0.1, 0.15) is 17.3 Å². The number of rotatable bonds is 9. The standard InChI is InChI=1S/C19H22ClN3O5S/c1-13(28-17-9-5-15(20)6-10-17)18(24)21-11-12-22-19(25)14-3-7-16(8-4-14)23-29(2,26)27/h3-10,13,23H,11-12H2,1-2H3,(H,21,24)(H,22,25). The van der Waals surface area contributed by atoms with E-state index in [4.69, 9.17) is 16.3 Å². The van der Waals surface area contributed by atoms with E-state index in [0.717, 1.165) is 6.26 Å². The van der Waals surface area contributed by atoms with Crippen molar-refractivity contribution in [2.75, 3.05) is 24.1 Å². The molecule has 29 heavy (non-hydrogen) atoms. The predicted octanol–water partition coefficient (Wildman–Crippen LogP) is 2.02. The van der Waals surface area contributed by atoms with Crippen molar-refractivity contribution < 1.29 is 22.7 Å². The van der Waals surface area contributed by atoms with Gasteiger partial charge < -0.3 is 15.4 Å². The topological polar surface area (TPSA) is 114 Å². The second kappa shape index (κ2) is 10.1. The monoisotopic (exact) mass is 439 g/mol. The van der Waals surface area contributed by atoms with Gasteiger partial charge >= 0.3 is 0 Å². The first kappa shape index (κ1) is 22.5. The second-order valence-corrected chi connectivity index (χ2v) is 8.40. The van der Waals surface area contributed by atoms with Crippen LogP contribution in [-0.4, -0.2) is 45.7 Å². The zero-order valence-electron chi connectivity index (χ0n) is 15.9. The summed E-state index contributed by atoms with van der Waals surface area (Å²) in [5.74, 6) is -0.125. The van der Waals surface area contributed by atoms with Crippen molar-refractivity contribution in [1.82, 2.24) is 10.6 Å². The van der Waals surface area contributed by atoms with E-state index in [1.54, 1.807) is 31.2 Å². The highest BCUT2D eigenvalue weighted by Crippen LogP contribution is 2.16. The Labute approximate surface area is 174 Å². The molecule has 2 amide bonds. The van der Waals surface area contributed by atoms with E-state index in [0.29, 0.717) is 22.0 Å². The van der Waals surface area contributed by atoms with Crippen LogP contribution in [0.3, 0.4) is 0 Å². The van der Waals surface area contributed by atoms with Crippen molar-refractivity contribution in [3.8, 4) is 5.75 Å². The normalized spacial score (nSPS) is 12.0. The second-order valence-electron chi connectivity index (χ2n) is 6.21. The summed E-state index contributed by atoms with van der Waals surface area (Å²) in [4.78, 5) is 24.1. The number of hydrogen-bond acceptors (Lipinski definition) is 5. The molecule has 8 nitrogen and oxygen atoms in total. The Morgan fingerprint density at radius 3 is 2.17 bits per heavy atom. The first-order valence-corrected chi connectivity index (χ1v) is 11.0. The molecule has 0 radical (unpaired) electrons. The highest BCUT2D eigenvalue weighted by Gasteiger charge is 2.14. The van der Waals surface area contributed by atoms with Gasteiger partial charge in [0.05, 0.1) is 6.26 Å². The lowest BCUT2D eigenvalue weighted by Crippen LogP contribution is -2.40. The SMILES string of the molecule is CC(Oc1ccc(Cl)cc1)C(=O)NCCNC(=O)c1ccc(NS(C)(=O)=O)cc1. The van der Waals surface area contributed by atoms with E-state index in [9.17, 15) is 18.0 Å². The molecule has 3 N–H and O–H groups in total. The summed E-state index contributed by atoms with van der Waals surface area (Å²) in [5, 5.41) is 5.92. The Hall–Kier alpha value is -2.78. The summed E-state index contributed by atoms with van der Waals surface area (Å²) in [7, 11) is -3.37. The lowest BCUT2D eigenvalue weighted by molar-refractivity contribution is -0.127. The molecule has 10 heteroatoms. The molecule has 0 aliphatic heterocycles. The molecule has 0 aliphatic carbocycles. The quantitative estimate of drug-likeness (QED) is 0.517. The van der Waals surface area contributed by atoms with E-state index in [2.05, 4.69) is 15.4 Å². The fourth-order valence-corrected chi connectivity index (χ4v) is 2.97. The molecule has 1 atom stereocenters. The van der Waals surface area contributed by atoms with Crippen LogP contribution in [0, 0.1) is 0 Å². The molecule has 0 saturated carbocycles. The van der Waals surface area contributed by atoms with Crippen molar-refractivity contribution in [3.63, 3.8) is 0 Å². The number of carbonyl (C=O) groups excluding carboxylic acids is 2. The van der Waals surface area contributed by atoms with Crippen molar-refractivity contribution in [2.24, 2.45) is 0 Å². The van der Waals surface area contributed by atoms with Crippen LogP contribution >= 0.6 is 11.6 Å². The molecule has 0 aliphatic rings. The summed E-state index contributed by atoms with van der Waals surface area (Å²) < 4.78 is 30.2. The summed E-state index contributed by atoms with van der Waals surface area (Å²) >= 11 is 5.80. The molecule has 2 aromatic carbocycles. The Morgan fingerprint density at radius 1 is 1.00 bits per heavy atom. The van der Waals surface area contributed by atoms with Crippen LogP contribution in [0.4, 0.5) is 5.69 Å². The highest BCUT2D eigenvalue weighted by molar-refractivity contribution is 7.92. The number of nitrogens with one attached hydrogen (secondary N) is 3. The van der Waals surface area contributed by atoms with Gasteiger partial charge in [0.15, 0.2) is 6.10 Å². The number of anilines is 1. The molecule has 0 heterocycles. The largest absolute Gasteiger partial charge is 0.481 e. The average Bonchev–Trinajstić information content (AvgIpc) is 2.66. The van der Waals surface area contributed by atoms with Crippen LogP contribution in [0.15, 0.2) is 48.5 Å². The Bertz CT molecular complexity index is 947. The lowest BCUT2D eigenvalue weighted by atomic mass is 10.2. The number of ether oxygens (including phenoxy) is 1. The van der Waals surface area contributed by atoms with Gasteiger partial charge in [-0.3, -0.25) is 14.3 Å². The van der Waals surface area contributed by atoms with Crippen molar-refractivity contribution in [2.45, 2.75) is 13.0 Å². The first-order valence-electron chi connectivity index (χ1n) is 8.70. The maximum Gasteiger partial charge on any atom is 0.260 e. The maximum absolute atomic E-state index is 12.1. The van der Waals surface area contributed by atoms with Crippen LogP contribution in [0.25, 0.3) is 0 Å². The maximum atomic E-state index is 12.1. The summed E-state index contributed by atoms with van der Waals surface area (Å²) in [6, 6.07) is 12.7. The molecule has 0 aromatic heterocycles. The van der Waals surface area contributed by atoms with Gasteiger partial charge in [-0.1, -0.05) is 11.6 Å². The predicted molar refractivity (Wildman–Crippen MR) is 112 cm³/mol. The van der Waals surface area contributed by atoms with Gasteiger partial charge in [-0.2, -0.15) is 0 Å².